The number of ketones is 1. The van der Waals surface area contributed by atoms with Crippen LogP contribution < -0.4 is 4.74 Å². The molecule has 3 aromatic carbocycles. The summed E-state index contributed by atoms with van der Waals surface area (Å²) in [5, 5.41) is 0. The van der Waals surface area contributed by atoms with Crippen molar-refractivity contribution in [2.75, 3.05) is 0 Å². The topological polar surface area (TPSA) is 26.3 Å². The Balaban J connectivity index is 1.60. The van der Waals surface area contributed by atoms with Crippen molar-refractivity contribution < 1.29 is 22.7 Å². The Bertz CT molecular complexity index is 942. The number of hydrogen-bond donors (Lipinski definition) is 0. The van der Waals surface area contributed by atoms with E-state index in [1.54, 1.807) is 6.08 Å². The minimum atomic E-state index is -4.75. The molecule has 0 heterocycles. The van der Waals surface area contributed by atoms with Gasteiger partial charge < -0.3 is 4.74 Å². The third-order valence-corrected chi connectivity index (χ3v) is 4.03. The van der Waals surface area contributed by atoms with Gasteiger partial charge in [0.15, 0.2) is 5.78 Å². The Hall–Kier alpha value is -3.34. The Morgan fingerprint density at radius 1 is 0.821 bits per heavy atom. The lowest BCUT2D eigenvalue weighted by molar-refractivity contribution is -0.274. The number of benzene rings is 3. The first-order valence-corrected chi connectivity index (χ1v) is 8.60. The predicted molar refractivity (Wildman–Crippen MR) is 102 cm³/mol. The van der Waals surface area contributed by atoms with Crippen LogP contribution in [0, 0.1) is 0 Å². The van der Waals surface area contributed by atoms with E-state index in [0.717, 1.165) is 29.7 Å². The third kappa shape index (κ3) is 5.84. The van der Waals surface area contributed by atoms with Gasteiger partial charge in [-0.05, 0) is 53.5 Å². The van der Waals surface area contributed by atoms with Crippen LogP contribution >= 0.6 is 0 Å². The maximum absolute atomic E-state index is 12.2. The van der Waals surface area contributed by atoms with Gasteiger partial charge in [0, 0.05) is 5.56 Å². The molecule has 3 aromatic rings. The molecule has 2 nitrogen and oxygen atoms in total. The van der Waals surface area contributed by atoms with Gasteiger partial charge in [-0.25, -0.2) is 0 Å². The van der Waals surface area contributed by atoms with E-state index < -0.39 is 6.36 Å². The molecule has 0 bridgehead atoms. The molecule has 0 aliphatic carbocycles. The Labute approximate surface area is 160 Å². The van der Waals surface area contributed by atoms with Gasteiger partial charge in [0.25, 0.3) is 0 Å². The fourth-order valence-corrected chi connectivity index (χ4v) is 2.67. The van der Waals surface area contributed by atoms with Crippen molar-refractivity contribution in [3.8, 4) is 5.75 Å². The molecule has 0 unspecified atom stereocenters. The summed E-state index contributed by atoms with van der Waals surface area (Å²) in [4.78, 5) is 12.2. The van der Waals surface area contributed by atoms with Crippen LogP contribution in [0.15, 0.2) is 84.9 Å². The van der Waals surface area contributed by atoms with E-state index in [4.69, 9.17) is 0 Å². The highest BCUT2D eigenvalue weighted by Crippen LogP contribution is 2.23. The lowest BCUT2D eigenvalue weighted by atomic mass is 10.0. The smallest absolute Gasteiger partial charge is 0.406 e. The van der Waals surface area contributed by atoms with Gasteiger partial charge in [0.05, 0.1) is 0 Å². The van der Waals surface area contributed by atoms with Crippen LogP contribution in [0.2, 0.25) is 0 Å². The van der Waals surface area contributed by atoms with Gasteiger partial charge in [-0.1, -0.05) is 60.7 Å². The molecule has 0 aliphatic rings. The minimum absolute atomic E-state index is 0.284. The van der Waals surface area contributed by atoms with E-state index in [0.29, 0.717) is 0 Å². The summed E-state index contributed by atoms with van der Waals surface area (Å²) in [6, 6.07) is 22.8. The fourth-order valence-electron chi connectivity index (χ4n) is 2.67. The molecule has 0 fully saturated rings. The number of ether oxygens (including phenoxy) is 1. The van der Waals surface area contributed by atoms with Gasteiger partial charge in [-0.2, -0.15) is 0 Å². The molecule has 0 saturated heterocycles. The first-order valence-electron chi connectivity index (χ1n) is 8.60. The second-order valence-electron chi connectivity index (χ2n) is 6.17. The molecule has 142 valence electrons. The minimum Gasteiger partial charge on any atom is -0.406 e. The zero-order chi connectivity index (χ0) is 20.0. The molecular weight excluding hydrogens is 365 g/mol. The summed E-state index contributed by atoms with van der Waals surface area (Å²) >= 11 is 0. The summed E-state index contributed by atoms with van der Waals surface area (Å²) in [5.41, 5.74) is 3.53. The molecule has 28 heavy (non-hydrogen) atoms. The summed E-state index contributed by atoms with van der Waals surface area (Å²) in [7, 11) is 0. The Morgan fingerprint density at radius 2 is 1.43 bits per heavy atom. The SMILES string of the molecule is O=C(/C=C/c1ccc(Cc2ccccc2)cc1)c1ccc(OC(F)(F)F)cc1. The first-order chi connectivity index (χ1) is 13.4. The highest BCUT2D eigenvalue weighted by Gasteiger charge is 2.30. The Morgan fingerprint density at radius 3 is 2.04 bits per heavy atom. The van der Waals surface area contributed by atoms with Crippen molar-refractivity contribution in [1.82, 2.24) is 0 Å². The highest BCUT2D eigenvalue weighted by atomic mass is 19.4. The quantitative estimate of drug-likeness (QED) is 0.382. The zero-order valence-corrected chi connectivity index (χ0v) is 14.8. The number of carbonyl (C=O) groups excluding carboxylic acids is 1. The molecule has 0 aromatic heterocycles. The summed E-state index contributed by atoms with van der Waals surface area (Å²) in [6.07, 6.45) is -0.852. The monoisotopic (exact) mass is 382 g/mol. The third-order valence-electron chi connectivity index (χ3n) is 4.03. The largest absolute Gasteiger partial charge is 0.573 e. The average Bonchev–Trinajstić information content (AvgIpc) is 2.67. The van der Waals surface area contributed by atoms with Crippen molar-refractivity contribution in [2.45, 2.75) is 12.8 Å². The molecule has 0 atom stereocenters. The van der Waals surface area contributed by atoms with Crippen molar-refractivity contribution in [1.29, 1.82) is 0 Å². The number of hydrogen-bond acceptors (Lipinski definition) is 2. The summed E-state index contributed by atoms with van der Waals surface area (Å²) < 4.78 is 40.3. The number of halogens is 3. The standard InChI is InChI=1S/C23H17F3O2/c24-23(25,26)28-21-13-11-20(12-14-21)22(27)15-10-17-6-8-19(9-7-17)16-18-4-2-1-3-5-18/h1-15H,16H2/b15-10+. The zero-order valence-electron chi connectivity index (χ0n) is 14.8. The van der Waals surface area contributed by atoms with Gasteiger partial charge in [0.2, 0.25) is 0 Å². The number of allylic oxidation sites excluding steroid dienone is 1. The van der Waals surface area contributed by atoms with E-state index in [-0.39, 0.29) is 17.1 Å². The first kappa shape index (κ1) is 19.4. The molecule has 3 rings (SSSR count). The maximum Gasteiger partial charge on any atom is 0.573 e. The molecule has 0 N–H and O–H groups in total. The van der Waals surface area contributed by atoms with Crippen LogP contribution in [0.4, 0.5) is 13.2 Å². The average molecular weight is 382 g/mol. The van der Waals surface area contributed by atoms with Gasteiger partial charge in [-0.15, -0.1) is 13.2 Å². The van der Waals surface area contributed by atoms with Crippen molar-refractivity contribution in [3.05, 3.63) is 107 Å². The summed E-state index contributed by atoms with van der Waals surface area (Å²) in [6.45, 7) is 0. The van der Waals surface area contributed by atoms with Gasteiger partial charge in [0.1, 0.15) is 5.75 Å². The van der Waals surface area contributed by atoms with Crippen molar-refractivity contribution in [2.24, 2.45) is 0 Å². The van der Waals surface area contributed by atoms with E-state index in [9.17, 15) is 18.0 Å². The number of carbonyl (C=O) groups is 1. The number of alkyl halides is 3. The van der Waals surface area contributed by atoms with E-state index in [2.05, 4.69) is 16.9 Å². The lowest BCUT2D eigenvalue weighted by Gasteiger charge is -2.08. The van der Waals surface area contributed by atoms with Crippen LogP contribution in [-0.2, 0) is 6.42 Å². The maximum atomic E-state index is 12.2. The van der Waals surface area contributed by atoms with Gasteiger partial charge >= 0.3 is 6.36 Å². The fraction of sp³-hybridized carbons (Fsp3) is 0.0870. The van der Waals surface area contributed by atoms with Crippen molar-refractivity contribution in [3.63, 3.8) is 0 Å². The van der Waals surface area contributed by atoms with Crippen LogP contribution in [0.25, 0.3) is 6.08 Å². The van der Waals surface area contributed by atoms with Crippen molar-refractivity contribution >= 4 is 11.9 Å². The molecule has 5 heteroatoms. The summed E-state index contributed by atoms with van der Waals surface area (Å²) in [5.74, 6) is -0.658. The Kier molecular flexibility index (Phi) is 5.94. The number of rotatable bonds is 6. The molecule has 0 radical (unpaired) electrons. The molecular formula is C23H17F3O2. The predicted octanol–water partition coefficient (Wildman–Crippen LogP) is 6.07. The second kappa shape index (κ2) is 8.57. The lowest BCUT2D eigenvalue weighted by Crippen LogP contribution is -2.17. The molecule has 0 amide bonds. The molecule has 0 spiro atoms. The van der Waals surface area contributed by atoms with Crippen LogP contribution in [0.3, 0.4) is 0 Å². The molecule has 0 saturated carbocycles. The van der Waals surface area contributed by atoms with Crippen LogP contribution in [0.5, 0.6) is 5.75 Å². The van der Waals surface area contributed by atoms with E-state index in [1.165, 1.54) is 23.8 Å². The second-order valence-corrected chi connectivity index (χ2v) is 6.17. The van der Waals surface area contributed by atoms with Crippen LogP contribution in [0.1, 0.15) is 27.0 Å². The normalized spacial score (nSPS) is 11.5. The van der Waals surface area contributed by atoms with Gasteiger partial charge in [-0.3, -0.25) is 4.79 Å². The molecule has 0 aliphatic heterocycles. The van der Waals surface area contributed by atoms with Crippen LogP contribution in [-0.4, -0.2) is 12.1 Å². The van der Waals surface area contributed by atoms with E-state index >= 15 is 0 Å². The van der Waals surface area contributed by atoms with E-state index in [1.807, 2.05) is 42.5 Å². The highest BCUT2D eigenvalue weighted by molar-refractivity contribution is 6.06.